The minimum atomic E-state index is -0.482. The van der Waals surface area contributed by atoms with E-state index < -0.39 is 4.92 Å². The third kappa shape index (κ3) is 3.52. The molecule has 1 aliphatic heterocycles. The van der Waals surface area contributed by atoms with Gasteiger partial charge in [-0.1, -0.05) is 0 Å². The first-order valence-corrected chi connectivity index (χ1v) is 5.38. The predicted molar refractivity (Wildman–Crippen MR) is 54.2 cm³/mol. The maximum absolute atomic E-state index is 10.2. The van der Waals surface area contributed by atoms with Gasteiger partial charge in [0.05, 0.1) is 17.7 Å². The van der Waals surface area contributed by atoms with Crippen LogP contribution < -0.4 is 5.32 Å². The van der Waals surface area contributed by atoms with Gasteiger partial charge in [0.2, 0.25) is 0 Å². The van der Waals surface area contributed by atoms with Crippen molar-refractivity contribution in [2.45, 2.75) is 6.10 Å². The molecule has 14 heavy (non-hydrogen) atoms. The third-order valence-corrected chi connectivity index (χ3v) is 2.55. The Balaban J connectivity index is 2.24. The van der Waals surface area contributed by atoms with E-state index in [0.29, 0.717) is 24.8 Å². The molecule has 1 fully saturated rings. The summed E-state index contributed by atoms with van der Waals surface area (Å²) in [4.78, 5) is 11.7. The first kappa shape index (κ1) is 11.3. The van der Waals surface area contributed by atoms with Gasteiger partial charge in [0.15, 0.2) is 0 Å². The Morgan fingerprint density at radius 1 is 1.86 bits per heavy atom. The maximum Gasteiger partial charge on any atom is 0.264 e. The highest BCUT2D eigenvalue weighted by atomic mass is 32.2. The molecule has 1 heterocycles. The SMILES string of the molecule is CS/C(=C\[N+](=O)[O-])NCN1CC(O)C1. The number of thioether (sulfide) groups is 1. The van der Waals surface area contributed by atoms with Crippen molar-refractivity contribution < 1.29 is 10.0 Å². The molecule has 0 bridgehead atoms. The normalized spacial score (nSPS) is 19.1. The number of hydrogen-bond donors (Lipinski definition) is 2. The molecule has 1 aliphatic rings. The number of β-amino-alcohol motifs (C(OH)–C–C–N with tert-alkyl or cyclic N) is 1. The van der Waals surface area contributed by atoms with Gasteiger partial charge in [0.1, 0.15) is 5.03 Å². The van der Waals surface area contributed by atoms with Crippen molar-refractivity contribution in [1.82, 2.24) is 10.2 Å². The number of rotatable bonds is 5. The molecule has 0 radical (unpaired) electrons. The molecule has 1 saturated heterocycles. The Morgan fingerprint density at radius 3 is 2.93 bits per heavy atom. The van der Waals surface area contributed by atoms with Gasteiger partial charge in [0, 0.05) is 13.1 Å². The van der Waals surface area contributed by atoms with Crippen molar-refractivity contribution in [3.05, 3.63) is 21.3 Å². The summed E-state index contributed by atoms with van der Waals surface area (Å²) in [5.41, 5.74) is 0. The zero-order chi connectivity index (χ0) is 10.6. The zero-order valence-corrected chi connectivity index (χ0v) is 8.66. The van der Waals surface area contributed by atoms with Crippen LogP contribution in [0, 0.1) is 10.1 Å². The molecule has 80 valence electrons. The van der Waals surface area contributed by atoms with Crippen LogP contribution in [0.3, 0.4) is 0 Å². The number of nitrogens with one attached hydrogen (secondary N) is 1. The smallest absolute Gasteiger partial charge is 0.264 e. The fraction of sp³-hybridized carbons (Fsp3) is 0.714. The van der Waals surface area contributed by atoms with Crippen LogP contribution in [0.25, 0.3) is 0 Å². The predicted octanol–water partition coefficient (Wildman–Crippen LogP) is -0.351. The fourth-order valence-corrected chi connectivity index (χ4v) is 1.53. The van der Waals surface area contributed by atoms with E-state index in [2.05, 4.69) is 5.32 Å². The van der Waals surface area contributed by atoms with Crippen molar-refractivity contribution in [2.75, 3.05) is 26.0 Å². The van der Waals surface area contributed by atoms with E-state index in [1.807, 2.05) is 4.90 Å². The first-order valence-electron chi connectivity index (χ1n) is 4.15. The lowest BCUT2D eigenvalue weighted by Gasteiger charge is -2.35. The van der Waals surface area contributed by atoms with Crippen LogP contribution >= 0.6 is 11.8 Å². The quantitative estimate of drug-likeness (QED) is 0.486. The summed E-state index contributed by atoms with van der Waals surface area (Å²) < 4.78 is 0. The summed E-state index contributed by atoms with van der Waals surface area (Å²) >= 11 is 1.29. The van der Waals surface area contributed by atoms with Gasteiger partial charge < -0.3 is 10.4 Å². The van der Waals surface area contributed by atoms with E-state index in [4.69, 9.17) is 5.11 Å². The second kappa shape index (κ2) is 5.18. The lowest BCUT2D eigenvalue weighted by atomic mass is 10.2. The maximum atomic E-state index is 10.2. The van der Waals surface area contributed by atoms with Crippen LogP contribution in [0.1, 0.15) is 0 Å². The number of aliphatic hydroxyl groups is 1. The molecule has 0 aliphatic carbocycles. The second-order valence-corrected chi connectivity index (χ2v) is 3.86. The molecular formula is C7H13N3O3S. The van der Waals surface area contributed by atoms with Crippen molar-refractivity contribution in [2.24, 2.45) is 0 Å². The number of likely N-dealkylation sites (tertiary alicyclic amines) is 1. The van der Waals surface area contributed by atoms with Gasteiger partial charge in [-0.15, -0.1) is 11.8 Å². The Labute approximate surface area is 86.1 Å². The van der Waals surface area contributed by atoms with E-state index in [0.717, 1.165) is 6.20 Å². The summed E-state index contributed by atoms with van der Waals surface area (Å²) in [6, 6.07) is 0. The fourth-order valence-electron chi connectivity index (χ4n) is 1.13. The van der Waals surface area contributed by atoms with Crippen LogP contribution in [0.2, 0.25) is 0 Å². The van der Waals surface area contributed by atoms with E-state index in [1.54, 1.807) is 6.26 Å². The highest BCUT2D eigenvalue weighted by molar-refractivity contribution is 8.02. The molecule has 0 aromatic rings. The summed E-state index contributed by atoms with van der Waals surface area (Å²) in [7, 11) is 0. The van der Waals surface area contributed by atoms with E-state index >= 15 is 0 Å². The highest BCUT2D eigenvalue weighted by Gasteiger charge is 2.23. The monoisotopic (exact) mass is 219 g/mol. The largest absolute Gasteiger partial charge is 0.390 e. The van der Waals surface area contributed by atoms with Crippen molar-refractivity contribution in [3.8, 4) is 0 Å². The van der Waals surface area contributed by atoms with Gasteiger partial charge in [-0.3, -0.25) is 15.0 Å². The molecular weight excluding hydrogens is 206 g/mol. The van der Waals surface area contributed by atoms with E-state index in [9.17, 15) is 10.1 Å². The average molecular weight is 219 g/mol. The standard InChI is InChI=1S/C7H13N3O3S/c1-14-7(4-10(12)13)8-5-9-2-6(11)3-9/h4,6,8,11H,2-3,5H2,1H3/b7-4-. The van der Waals surface area contributed by atoms with Crippen LogP contribution in [0.5, 0.6) is 0 Å². The molecule has 1 rings (SSSR count). The topological polar surface area (TPSA) is 78.6 Å². The Morgan fingerprint density at radius 2 is 2.50 bits per heavy atom. The molecule has 0 aromatic heterocycles. The zero-order valence-electron chi connectivity index (χ0n) is 7.84. The number of aliphatic hydroxyl groups excluding tert-OH is 1. The van der Waals surface area contributed by atoms with Gasteiger partial charge in [-0.05, 0) is 6.26 Å². The minimum absolute atomic E-state index is 0.242. The van der Waals surface area contributed by atoms with E-state index in [-0.39, 0.29) is 6.10 Å². The lowest BCUT2D eigenvalue weighted by molar-refractivity contribution is -0.403. The lowest BCUT2D eigenvalue weighted by Crippen LogP contribution is -2.53. The first-order chi connectivity index (χ1) is 6.61. The molecule has 0 spiro atoms. The summed E-state index contributed by atoms with van der Waals surface area (Å²) in [5, 5.41) is 22.6. The van der Waals surface area contributed by atoms with Crippen molar-refractivity contribution >= 4 is 11.8 Å². The molecule has 0 aromatic carbocycles. The van der Waals surface area contributed by atoms with Gasteiger partial charge >= 0.3 is 0 Å². The van der Waals surface area contributed by atoms with E-state index in [1.165, 1.54) is 11.8 Å². The van der Waals surface area contributed by atoms with Crippen molar-refractivity contribution in [1.29, 1.82) is 0 Å². The molecule has 6 nitrogen and oxygen atoms in total. The van der Waals surface area contributed by atoms with Crippen molar-refractivity contribution in [3.63, 3.8) is 0 Å². The van der Waals surface area contributed by atoms with Crippen LogP contribution in [-0.2, 0) is 0 Å². The van der Waals surface area contributed by atoms with Gasteiger partial charge in [0.25, 0.3) is 6.20 Å². The Hall–Kier alpha value is -0.790. The summed E-state index contributed by atoms with van der Waals surface area (Å²) in [6.07, 6.45) is 2.47. The van der Waals surface area contributed by atoms with Crippen LogP contribution in [0.4, 0.5) is 0 Å². The Kier molecular flexibility index (Phi) is 4.18. The molecule has 0 atom stereocenters. The number of nitrogens with zero attached hydrogens (tertiary/aromatic N) is 2. The number of hydrogen-bond acceptors (Lipinski definition) is 6. The summed E-state index contributed by atoms with van der Waals surface area (Å²) in [5.74, 6) is 0. The molecule has 0 saturated carbocycles. The highest BCUT2D eigenvalue weighted by Crippen LogP contribution is 2.09. The second-order valence-electron chi connectivity index (χ2n) is 3.01. The Bertz CT molecular complexity index is 240. The van der Waals surface area contributed by atoms with Crippen LogP contribution in [0.15, 0.2) is 11.2 Å². The molecule has 0 amide bonds. The van der Waals surface area contributed by atoms with Crippen LogP contribution in [-0.4, -0.2) is 47.0 Å². The number of nitro groups is 1. The molecule has 7 heteroatoms. The van der Waals surface area contributed by atoms with Gasteiger partial charge in [-0.25, -0.2) is 0 Å². The molecule has 2 N–H and O–H groups in total. The summed E-state index contributed by atoms with van der Waals surface area (Å²) in [6.45, 7) is 1.80. The van der Waals surface area contributed by atoms with Gasteiger partial charge in [-0.2, -0.15) is 0 Å². The minimum Gasteiger partial charge on any atom is -0.390 e. The average Bonchev–Trinajstić information content (AvgIpc) is 2.07. The molecule has 0 unspecified atom stereocenters. The third-order valence-electron chi connectivity index (χ3n) is 1.86.